The molecule has 2 atom stereocenters. The van der Waals surface area contributed by atoms with Crippen molar-refractivity contribution in [1.29, 1.82) is 0 Å². The van der Waals surface area contributed by atoms with Crippen molar-refractivity contribution < 1.29 is 19.8 Å². The number of carbonyl (C=O) groups is 2. The Morgan fingerprint density at radius 2 is 1.00 bits per heavy atom. The summed E-state index contributed by atoms with van der Waals surface area (Å²) >= 11 is 0. The summed E-state index contributed by atoms with van der Waals surface area (Å²) in [5.41, 5.74) is 10.6. The van der Waals surface area contributed by atoms with Crippen molar-refractivity contribution in [3.05, 3.63) is 0 Å². The topological polar surface area (TPSA) is 127 Å². The lowest BCUT2D eigenvalue weighted by atomic mass is 10.2. The standard InChI is InChI=1S/C4H12N2.2C2H4O2/c1-3(5)4(2)6;2*1-2(3)4/h3-4H,5-6H2,1-2H3;2*1H3,(H,3,4). The van der Waals surface area contributed by atoms with E-state index in [0.29, 0.717) is 0 Å². The van der Waals surface area contributed by atoms with Crippen LogP contribution in [0.2, 0.25) is 0 Å². The first kappa shape index (κ1) is 18.6. The summed E-state index contributed by atoms with van der Waals surface area (Å²) in [6, 6.07) is 0.259. The maximum absolute atomic E-state index is 9.00. The van der Waals surface area contributed by atoms with Crippen LogP contribution in [0.15, 0.2) is 0 Å². The van der Waals surface area contributed by atoms with E-state index in [-0.39, 0.29) is 12.1 Å². The third kappa shape index (κ3) is 129. The average molecular weight is 208 g/mol. The molecule has 0 aromatic carbocycles. The molecule has 0 fully saturated rings. The Bertz CT molecular complexity index is 131. The molecule has 0 amide bonds. The molecule has 14 heavy (non-hydrogen) atoms. The zero-order chi connectivity index (χ0) is 12.3. The molecule has 0 spiro atoms. The second kappa shape index (κ2) is 11.9. The Morgan fingerprint density at radius 1 is 0.929 bits per heavy atom. The molecule has 0 aromatic heterocycles. The van der Waals surface area contributed by atoms with Crippen molar-refractivity contribution in [3.8, 4) is 0 Å². The van der Waals surface area contributed by atoms with Gasteiger partial charge in [-0.25, -0.2) is 0 Å². The van der Waals surface area contributed by atoms with E-state index in [4.69, 9.17) is 31.3 Å². The summed E-state index contributed by atoms with van der Waals surface area (Å²) < 4.78 is 0. The highest BCUT2D eigenvalue weighted by Crippen LogP contribution is 1.77. The van der Waals surface area contributed by atoms with E-state index in [1.807, 2.05) is 13.8 Å². The minimum Gasteiger partial charge on any atom is -0.481 e. The monoisotopic (exact) mass is 208 g/mol. The molecule has 6 heteroatoms. The van der Waals surface area contributed by atoms with Gasteiger partial charge in [-0.05, 0) is 13.8 Å². The van der Waals surface area contributed by atoms with E-state index in [1.165, 1.54) is 0 Å². The van der Waals surface area contributed by atoms with Gasteiger partial charge in [0.25, 0.3) is 11.9 Å². The van der Waals surface area contributed by atoms with E-state index < -0.39 is 11.9 Å². The zero-order valence-electron chi connectivity index (χ0n) is 9.02. The molecule has 0 aliphatic rings. The molecule has 0 aliphatic carbocycles. The van der Waals surface area contributed by atoms with E-state index in [9.17, 15) is 0 Å². The average Bonchev–Trinajstić information content (AvgIpc) is 1.83. The maximum atomic E-state index is 9.00. The Kier molecular flexibility index (Phi) is 15.8. The third-order valence-electron chi connectivity index (χ3n) is 0.829. The lowest BCUT2D eigenvalue weighted by Gasteiger charge is -2.06. The molecule has 6 nitrogen and oxygen atoms in total. The van der Waals surface area contributed by atoms with Gasteiger partial charge in [0.15, 0.2) is 0 Å². The largest absolute Gasteiger partial charge is 0.481 e. The van der Waals surface area contributed by atoms with Gasteiger partial charge in [-0.2, -0.15) is 0 Å². The molecule has 86 valence electrons. The van der Waals surface area contributed by atoms with Gasteiger partial charge in [0.1, 0.15) is 0 Å². The fourth-order valence-corrected chi connectivity index (χ4v) is 0. The van der Waals surface area contributed by atoms with Gasteiger partial charge in [-0.3, -0.25) is 9.59 Å². The summed E-state index contributed by atoms with van der Waals surface area (Å²) in [4.78, 5) is 18.0. The van der Waals surface area contributed by atoms with Gasteiger partial charge in [0, 0.05) is 25.9 Å². The number of nitrogens with two attached hydrogens (primary N) is 2. The predicted molar refractivity (Wildman–Crippen MR) is 53.9 cm³/mol. The van der Waals surface area contributed by atoms with Crippen molar-refractivity contribution in [2.24, 2.45) is 11.5 Å². The summed E-state index contributed by atoms with van der Waals surface area (Å²) in [6.45, 7) is 5.95. The minimum atomic E-state index is -0.833. The highest BCUT2D eigenvalue weighted by Gasteiger charge is 1.96. The summed E-state index contributed by atoms with van der Waals surface area (Å²) in [5, 5.41) is 14.8. The maximum Gasteiger partial charge on any atom is 0.300 e. The summed E-state index contributed by atoms with van der Waals surface area (Å²) in [5.74, 6) is -1.67. The SMILES string of the molecule is CC(=O)O.CC(=O)O.CC(N)C(C)N. The lowest BCUT2D eigenvalue weighted by molar-refractivity contribution is -0.135. The van der Waals surface area contributed by atoms with Crippen molar-refractivity contribution in [3.63, 3.8) is 0 Å². The van der Waals surface area contributed by atoms with Crippen LogP contribution in [0.1, 0.15) is 27.7 Å². The Balaban J connectivity index is -0.000000135. The fraction of sp³-hybridized carbons (Fsp3) is 0.750. The highest BCUT2D eigenvalue weighted by molar-refractivity contribution is 5.63. The van der Waals surface area contributed by atoms with Crippen LogP contribution in [0.4, 0.5) is 0 Å². The number of aliphatic carboxylic acids is 2. The first-order valence-corrected chi connectivity index (χ1v) is 4.01. The molecule has 0 aromatic rings. The fourth-order valence-electron chi connectivity index (χ4n) is 0. The second-order valence-electron chi connectivity index (χ2n) is 2.76. The molecular formula is C8H20N2O4. The van der Waals surface area contributed by atoms with Crippen molar-refractivity contribution in [2.75, 3.05) is 0 Å². The van der Waals surface area contributed by atoms with E-state index in [1.54, 1.807) is 0 Å². The van der Waals surface area contributed by atoms with E-state index in [2.05, 4.69) is 0 Å². The molecule has 0 radical (unpaired) electrons. The Labute approximate surface area is 83.9 Å². The molecule has 0 saturated heterocycles. The summed E-state index contributed by atoms with van der Waals surface area (Å²) in [7, 11) is 0. The molecule has 0 saturated carbocycles. The van der Waals surface area contributed by atoms with Gasteiger partial charge < -0.3 is 21.7 Å². The number of carboxylic acid groups (broad SMARTS) is 2. The van der Waals surface area contributed by atoms with E-state index in [0.717, 1.165) is 13.8 Å². The normalized spacial score (nSPS) is 12.1. The van der Waals surface area contributed by atoms with Crippen LogP contribution in [0, 0.1) is 0 Å². The van der Waals surface area contributed by atoms with E-state index >= 15 is 0 Å². The predicted octanol–water partition coefficient (Wildman–Crippen LogP) is -0.137. The molecule has 0 bridgehead atoms. The van der Waals surface area contributed by atoms with Gasteiger partial charge in [0.2, 0.25) is 0 Å². The van der Waals surface area contributed by atoms with Crippen molar-refractivity contribution >= 4 is 11.9 Å². The highest BCUT2D eigenvalue weighted by atomic mass is 16.4. The first-order valence-electron chi connectivity index (χ1n) is 4.01. The van der Waals surface area contributed by atoms with Crippen LogP contribution in [0.5, 0.6) is 0 Å². The zero-order valence-corrected chi connectivity index (χ0v) is 9.02. The number of hydrogen-bond acceptors (Lipinski definition) is 4. The van der Waals surface area contributed by atoms with Crippen LogP contribution < -0.4 is 11.5 Å². The smallest absolute Gasteiger partial charge is 0.300 e. The van der Waals surface area contributed by atoms with Gasteiger partial charge in [0.05, 0.1) is 0 Å². The Hall–Kier alpha value is -1.14. The molecule has 0 heterocycles. The first-order chi connectivity index (χ1) is 6.11. The second-order valence-corrected chi connectivity index (χ2v) is 2.76. The lowest BCUT2D eigenvalue weighted by Crippen LogP contribution is -2.35. The van der Waals surface area contributed by atoms with Crippen molar-refractivity contribution in [1.82, 2.24) is 0 Å². The Morgan fingerprint density at radius 3 is 1.00 bits per heavy atom. The molecule has 0 aliphatic heterocycles. The summed E-state index contributed by atoms with van der Waals surface area (Å²) in [6.07, 6.45) is 0. The molecule has 6 N–H and O–H groups in total. The van der Waals surface area contributed by atoms with Gasteiger partial charge in [-0.1, -0.05) is 0 Å². The van der Waals surface area contributed by atoms with Crippen LogP contribution >= 0.6 is 0 Å². The van der Waals surface area contributed by atoms with Crippen LogP contribution in [0.3, 0.4) is 0 Å². The number of hydrogen-bond donors (Lipinski definition) is 4. The minimum absolute atomic E-state index is 0.130. The van der Waals surface area contributed by atoms with Crippen LogP contribution in [0.25, 0.3) is 0 Å². The molecule has 0 rings (SSSR count). The number of carboxylic acids is 2. The number of rotatable bonds is 1. The van der Waals surface area contributed by atoms with Gasteiger partial charge >= 0.3 is 0 Å². The van der Waals surface area contributed by atoms with Crippen LogP contribution in [-0.2, 0) is 9.59 Å². The third-order valence-corrected chi connectivity index (χ3v) is 0.829. The molecular weight excluding hydrogens is 188 g/mol. The van der Waals surface area contributed by atoms with Crippen molar-refractivity contribution in [2.45, 2.75) is 39.8 Å². The van der Waals surface area contributed by atoms with Gasteiger partial charge in [-0.15, -0.1) is 0 Å². The molecule has 2 unspecified atom stereocenters. The van der Waals surface area contributed by atoms with Crippen LogP contribution in [-0.4, -0.2) is 34.2 Å². The quantitative estimate of drug-likeness (QED) is 0.475.